The number of benzene rings is 1. The number of carbonyl (C=O) groups is 1. The maximum atomic E-state index is 13.4. The Balaban J connectivity index is 1.72. The molecule has 1 saturated heterocycles. The Morgan fingerprint density at radius 1 is 1.18 bits per heavy atom. The third-order valence-corrected chi connectivity index (χ3v) is 8.00. The summed E-state index contributed by atoms with van der Waals surface area (Å²) in [6.45, 7) is 17.5. The molecule has 0 radical (unpaired) electrons. The fourth-order valence-corrected chi connectivity index (χ4v) is 5.41. The molecule has 1 saturated carbocycles. The zero-order valence-corrected chi connectivity index (χ0v) is 26.4. The minimum absolute atomic E-state index is 0.0357. The Kier molecular flexibility index (Phi) is 12.1. The number of nitrogens with zero attached hydrogens (tertiary/aromatic N) is 4. The summed E-state index contributed by atoms with van der Waals surface area (Å²) in [6, 6.07) is 11.1. The van der Waals surface area contributed by atoms with E-state index in [1.165, 1.54) is 24.0 Å². The lowest BCUT2D eigenvalue weighted by molar-refractivity contribution is 0.209. The van der Waals surface area contributed by atoms with Gasteiger partial charge in [0.05, 0.1) is 18.8 Å². The molecule has 218 valence electrons. The number of rotatable bonds is 12. The maximum absolute atomic E-state index is 13.4. The number of urea groups is 1. The fourth-order valence-electron chi connectivity index (χ4n) is 4.83. The maximum Gasteiger partial charge on any atom is 0.317 e. The number of nitrogens with one attached hydrogen (secondary N) is 1. The van der Waals surface area contributed by atoms with Gasteiger partial charge in [0.15, 0.2) is 0 Å². The van der Waals surface area contributed by atoms with E-state index in [1.54, 1.807) is 11.8 Å². The van der Waals surface area contributed by atoms with Crippen LogP contribution in [-0.4, -0.2) is 65.8 Å². The van der Waals surface area contributed by atoms with Crippen molar-refractivity contribution < 1.29 is 4.79 Å². The van der Waals surface area contributed by atoms with Crippen LogP contribution in [0.15, 0.2) is 75.3 Å². The SMILES string of the molecule is C\C=C/C(CNC(=O)N1CC(/C(C)=C/CN(/N=C/C(C)(C)C)C2CC2)C(c2ccccc2)C1)=N/C=C(\C)SCC. The van der Waals surface area contributed by atoms with Crippen LogP contribution in [0.1, 0.15) is 72.8 Å². The number of thioether (sulfide) groups is 1. The molecular weight excluding hydrogens is 514 g/mol. The quantitative estimate of drug-likeness (QED) is 0.163. The Bertz CT molecular complexity index is 1110. The molecule has 2 atom stereocenters. The van der Waals surface area contributed by atoms with Crippen LogP contribution in [0.5, 0.6) is 0 Å². The summed E-state index contributed by atoms with van der Waals surface area (Å²) >= 11 is 1.77. The van der Waals surface area contributed by atoms with E-state index in [2.05, 4.69) is 99.5 Å². The van der Waals surface area contributed by atoms with Crippen molar-refractivity contribution in [1.82, 2.24) is 15.2 Å². The Labute approximate surface area is 246 Å². The second-order valence-electron chi connectivity index (χ2n) is 11.9. The Morgan fingerprint density at radius 3 is 2.52 bits per heavy atom. The number of amides is 2. The van der Waals surface area contributed by atoms with Gasteiger partial charge in [0.1, 0.15) is 0 Å². The molecule has 7 heteroatoms. The molecule has 0 bridgehead atoms. The van der Waals surface area contributed by atoms with Crippen molar-refractivity contribution in [2.45, 2.75) is 73.3 Å². The predicted molar refractivity (Wildman–Crippen MR) is 173 cm³/mol. The second kappa shape index (κ2) is 15.3. The minimum atomic E-state index is -0.0357. The summed E-state index contributed by atoms with van der Waals surface area (Å²) < 4.78 is 0. The van der Waals surface area contributed by atoms with Crippen LogP contribution in [0.4, 0.5) is 4.79 Å². The van der Waals surface area contributed by atoms with Crippen LogP contribution in [0.25, 0.3) is 0 Å². The van der Waals surface area contributed by atoms with Crippen molar-refractivity contribution in [2.24, 2.45) is 21.4 Å². The molecule has 2 amide bonds. The third kappa shape index (κ3) is 10.3. The van der Waals surface area contributed by atoms with Gasteiger partial charge >= 0.3 is 6.03 Å². The van der Waals surface area contributed by atoms with Crippen molar-refractivity contribution in [3.63, 3.8) is 0 Å². The first-order valence-electron chi connectivity index (χ1n) is 14.7. The summed E-state index contributed by atoms with van der Waals surface area (Å²) in [5.74, 6) is 1.54. The molecule has 1 N–H and O–H groups in total. The van der Waals surface area contributed by atoms with E-state index in [0.29, 0.717) is 25.7 Å². The average Bonchev–Trinajstić information content (AvgIpc) is 3.66. The molecule has 1 aromatic carbocycles. The number of hydrogen-bond acceptors (Lipinski definition) is 5. The van der Waals surface area contributed by atoms with Gasteiger partial charge in [-0.2, -0.15) is 5.10 Å². The summed E-state index contributed by atoms with van der Waals surface area (Å²) in [5.41, 5.74) is 3.51. The highest BCUT2D eigenvalue weighted by molar-refractivity contribution is 8.03. The molecule has 1 heterocycles. The van der Waals surface area contributed by atoms with Crippen molar-refractivity contribution in [2.75, 3.05) is 31.9 Å². The summed E-state index contributed by atoms with van der Waals surface area (Å²) in [5, 5.41) is 10.2. The van der Waals surface area contributed by atoms with Crippen molar-refractivity contribution >= 4 is 29.7 Å². The lowest BCUT2D eigenvalue weighted by Gasteiger charge is -2.22. The number of carbonyl (C=O) groups excluding carboxylic acids is 1. The van der Waals surface area contributed by atoms with Gasteiger partial charge in [0.25, 0.3) is 0 Å². The van der Waals surface area contributed by atoms with Gasteiger partial charge in [-0.05, 0) is 61.3 Å². The minimum Gasteiger partial charge on any atom is -0.332 e. The molecule has 6 nitrogen and oxygen atoms in total. The van der Waals surface area contributed by atoms with Crippen LogP contribution in [-0.2, 0) is 0 Å². The Hall–Kier alpha value is -2.80. The average molecular weight is 564 g/mol. The lowest BCUT2D eigenvalue weighted by Crippen LogP contribution is -2.40. The highest BCUT2D eigenvalue weighted by atomic mass is 32.2. The highest BCUT2D eigenvalue weighted by Gasteiger charge is 2.37. The molecule has 0 spiro atoms. The van der Waals surface area contributed by atoms with Crippen molar-refractivity contribution in [1.29, 1.82) is 0 Å². The molecule has 1 aliphatic carbocycles. The van der Waals surface area contributed by atoms with Crippen LogP contribution < -0.4 is 5.32 Å². The van der Waals surface area contributed by atoms with E-state index in [0.717, 1.165) is 22.9 Å². The van der Waals surface area contributed by atoms with Crippen LogP contribution in [0.2, 0.25) is 0 Å². The molecule has 1 aromatic rings. The Morgan fingerprint density at radius 2 is 1.90 bits per heavy atom. The smallest absolute Gasteiger partial charge is 0.317 e. The molecule has 3 rings (SSSR count). The van der Waals surface area contributed by atoms with E-state index >= 15 is 0 Å². The first-order chi connectivity index (χ1) is 19.1. The number of hydrazone groups is 1. The molecule has 40 heavy (non-hydrogen) atoms. The molecular formula is C33H49N5OS. The van der Waals surface area contributed by atoms with Gasteiger partial charge in [-0.25, -0.2) is 4.79 Å². The first-order valence-corrected chi connectivity index (χ1v) is 15.6. The van der Waals surface area contributed by atoms with Crippen LogP contribution in [0, 0.1) is 11.3 Å². The van der Waals surface area contributed by atoms with E-state index in [-0.39, 0.29) is 23.3 Å². The van der Waals surface area contributed by atoms with Gasteiger partial charge in [-0.3, -0.25) is 10.0 Å². The normalized spacial score (nSPS) is 21.1. The summed E-state index contributed by atoms with van der Waals surface area (Å²) in [4.78, 5) is 21.1. The molecule has 2 unspecified atom stereocenters. The van der Waals surface area contributed by atoms with Crippen molar-refractivity contribution in [3.05, 3.63) is 70.8 Å². The highest BCUT2D eigenvalue weighted by Crippen LogP contribution is 2.37. The van der Waals surface area contributed by atoms with Gasteiger partial charge in [-0.1, -0.05) is 75.8 Å². The predicted octanol–water partition coefficient (Wildman–Crippen LogP) is 7.49. The zero-order chi connectivity index (χ0) is 29.1. The van der Waals surface area contributed by atoms with Gasteiger partial charge in [0.2, 0.25) is 0 Å². The molecule has 2 fully saturated rings. The van der Waals surface area contributed by atoms with Crippen molar-refractivity contribution in [3.8, 4) is 0 Å². The lowest BCUT2D eigenvalue weighted by atomic mass is 9.84. The topological polar surface area (TPSA) is 60.3 Å². The summed E-state index contributed by atoms with van der Waals surface area (Å²) in [7, 11) is 0. The molecule has 2 aliphatic rings. The second-order valence-corrected chi connectivity index (χ2v) is 13.4. The van der Waals surface area contributed by atoms with Crippen LogP contribution >= 0.6 is 11.8 Å². The first kappa shape index (κ1) is 31.7. The van der Waals surface area contributed by atoms with E-state index in [9.17, 15) is 4.79 Å². The van der Waals surface area contributed by atoms with E-state index in [4.69, 9.17) is 5.10 Å². The molecule has 0 aromatic heterocycles. The molecule has 1 aliphatic heterocycles. The number of likely N-dealkylation sites (tertiary alicyclic amines) is 1. The van der Waals surface area contributed by atoms with Gasteiger partial charge in [0, 0.05) is 43.4 Å². The third-order valence-electron chi connectivity index (χ3n) is 7.15. The number of aliphatic imine (C=N–C) groups is 1. The standard InChI is InChI=1S/C33H49N5OS/c1-8-13-28(34-20-26(4)40-9-2)21-35-32(39)37-22-30(31(23-37)27-14-11-10-12-15-27)25(3)18-19-38(29-16-17-29)36-24-33(5,6)7/h8,10-15,18,20,24,29-31H,9,16-17,19,21-23H2,1-7H3,(H,35,39)/b13-8-,25-18+,26-20+,34-28-,36-24+. The van der Waals surface area contributed by atoms with E-state index < -0.39 is 0 Å². The van der Waals surface area contributed by atoms with Gasteiger partial charge < -0.3 is 10.2 Å². The number of hydrogen-bond donors (Lipinski definition) is 1. The number of allylic oxidation sites excluding steroid dienone is 2. The van der Waals surface area contributed by atoms with Crippen LogP contribution in [0.3, 0.4) is 0 Å². The fraction of sp³-hybridized carbons (Fsp3) is 0.545. The zero-order valence-electron chi connectivity index (χ0n) is 25.6. The summed E-state index contributed by atoms with van der Waals surface area (Å²) in [6.07, 6.45) is 12.6. The monoisotopic (exact) mass is 563 g/mol. The van der Waals surface area contributed by atoms with E-state index in [1.807, 2.05) is 30.2 Å². The van der Waals surface area contributed by atoms with Gasteiger partial charge in [-0.15, -0.1) is 11.8 Å². The largest absolute Gasteiger partial charge is 0.332 e.